The van der Waals surface area contributed by atoms with E-state index in [1.54, 1.807) is 0 Å². The zero-order chi connectivity index (χ0) is 4.99. The molecule has 1 atom stereocenters. The van der Waals surface area contributed by atoms with Gasteiger partial charge in [-0.3, -0.25) is 0 Å². The number of esters is 1. The summed E-state index contributed by atoms with van der Waals surface area (Å²) in [5.74, 6) is 0.958. The fourth-order valence-electron chi connectivity index (χ4n) is 0.0680. The summed E-state index contributed by atoms with van der Waals surface area (Å²) in [5.41, 5.74) is 0. The molecule has 0 spiro atoms. The van der Waals surface area contributed by atoms with Crippen LogP contribution in [0.3, 0.4) is 0 Å². The van der Waals surface area contributed by atoms with Gasteiger partial charge in [-0.2, -0.15) is 0 Å². The highest BCUT2D eigenvalue weighted by atomic mass is 31.0. The summed E-state index contributed by atoms with van der Waals surface area (Å²) in [5, 5.41) is 0. The number of ether oxygens (including phenoxy) is 1. The molecule has 0 aliphatic heterocycles. The molecule has 0 rings (SSSR count). The van der Waals surface area contributed by atoms with Crippen LogP contribution in [-0.2, 0) is 9.53 Å². The molecule has 0 aromatic heterocycles. The molecule has 0 aromatic rings. The summed E-state index contributed by atoms with van der Waals surface area (Å²) < 4.78 is 4.18. The lowest BCUT2D eigenvalue weighted by Gasteiger charge is -1.79. The average Bonchev–Trinajstić information content (AvgIpc) is 1.65. The van der Waals surface area contributed by atoms with Crippen molar-refractivity contribution in [2.24, 2.45) is 0 Å². The van der Waals surface area contributed by atoms with E-state index in [1.807, 2.05) is 0 Å². The highest BCUT2D eigenvalue weighted by Gasteiger charge is 1.88. The van der Waals surface area contributed by atoms with E-state index in [9.17, 15) is 4.79 Å². The van der Waals surface area contributed by atoms with Gasteiger partial charge in [0.05, 0.1) is 16.0 Å². The Balaban J connectivity index is 3.23. The zero-order valence-corrected chi connectivity index (χ0v) is 4.63. The summed E-state index contributed by atoms with van der Waals surface area (Å²) >= 11 is 0. The van der Waals surface area contributed by atoms with Gasteiger partial charge in [0.15, 0.2) is 5.80 Å². The number of rotatable bonds is 1. The van der Waals surface area contributed by atoms with Gasteiger partial charge in [-0.1, -0.05) is 0 Å². The van der Waals surface area contributed by atoms with Crippen LogP contribution in [0.4, 0.5) is 0 Å². The predicted octanol–water partition coefficient (Wildman–Crippen LogP) is -0.163. The van der Waals surface area contributed by atoms with Crippen molar-refractivity contribution in [3.63, 3.8) is 0 Å². The van der Waals surface area contributed by atoms with Crippen molar-refractivity contribution in [2.45, 2.75) is 0 Å². The molecule has 0 radical (unpaired) electrons. The van der Waals surface area contributed by atoms with Gasteiger partial charge in [0, 0.05) is 0 Å². The van der Waals surface area contributed by atoms with Crippen molar-refractivity contribution in [1.29, 1.82) is 0 Å². The number of hydrogen-bond donors (Lipinski definition) is 0. The van der Waals surface area contributed by atoms with Crippen LogP contribution in [-0.4, -0.2) is 18.9 Å². The summed E-state index contributed by atoms with van der Waals surface area (Å²) in [7, 11) is 3.48. The van der Waals surface area contributed by atoms with E-state index >= 15 is 0 Å². The standard InChI is InChI=1S/C3H5O2P/c1-5-3(4)2-6/h2,6H,1H3/p+1. The molecule has 3 heteroatoms. The second kappa shape index (κ2) is 2.86. The van der Waals surface area contributed by atoms with Crippen LogP contribution in [0.5, 0.6) is 0 Å². The Morgan fingerprint density at radius 3 is 2.50 bits per heavy atom. The smallest absolute Gasteiger partial charge is 0.372 e. The van der Waals surface area contributed by atoms with Gasteiger partial charge in [-0.25, -0.2) is 4.79 Å². The zero-order valence-electron chi connectivity index (χ0n) is 3.47. The van der Waals surface area contributed by atoms with Crippen molar-refractivity contribution in [1.82, 2.24) is 0 Å². The normalized spacial score (nSPS) is 6.83. The lowest BCUT2D eigenvalue weighted by atomic mass is 10.8. The summed E-state index contributed by atoms with van der Waals surface area (Å²) in [6.07, 6.45) is 0. The lowest BCUT2D eigenvalue weighted by molar-refractivity contribution is -0.131. The second-order valence-corrected chi connectivity index (χ2v) is 1.02. The van der Waals surface area contributed by atoms with E-state index in [0.29, 0.717) is 0 Å². The van der Waals surface area contributed by atoms with E-state index in [1.165, 1.54) is 12.9 Å². The van der Waals surface area contributed by atoms with Crippen LogP contribution in [0.2, 0.25) is 0 Å². The maximum Gasteiger partial charge on any atom is 0.372 e. The van der Waals surface area contributed by atoms with Crippen LogP contribution >= 0.6 is 8.86 Å². The van der Waals surface area contributed by atoms with E-state index in [-0.39, 0.29) is 5.97 Å². The quantitative estimate of drug-likeness (QED) is 0.342. The van der Waals surface area contributed by atoms with Crippen LogP contribution < -0.4 is 0 Å². The Morgan fingerprint density at radius 1 is 2.00 bits per heavy atom. The number of methoxy groups -OCH3 is 1. The summed E-state index contributed by atoms with van der Waals surface area (Å²) in [6.45, 7) is 0. The van der Waals surface area contributed by atoms with Gasteiger partial charge in [-0.15, -0.1) is 0 Å². The number of carbonyl (C=O) groups excluding carboxylic acids is 1. The molecule has 0 aromatic carbocycles. The fourth-order valence-corrected chi connectivity index (χ4v) is 0.204. The van der Waals surface area contributed by atoms with Crippen molar-refractivity contribution in [2.75, 3.05) is 7.11 Å². The van der Waals surface area contributed by atoms with E-state index in [2.05, 4.69) is 13.6 Å². The Morgan fingerprint density at radius 2 is 2.50 bits per heavy atom. The second-order valence-electron chi connectivity index (χ2n) is 0.690. The minimum Gasteiger partial charge on any atom is -0.463 e. The summed E-state index contributed by atoms with van der Waals surface area (Å²) in [4.78, 5) is 9.88. The first-order valence-electron chi connectivity index (χ1n) is 1.44. The molecular weight excluding hydrogens is 99.0 g/mol. The third-order valence-electron chi connectivity index (χ3n) is 0.337. The Bertz CT molecular complexity index is 69.2. The number of hydrogen-bond acceptors (Lipinski definition) is 2. The number of carbonyl (C=O) groups is 1. The van der Waals surface area contributed by atoms with E-state index in [4.69, 9.17) is 0 Å². The molecule has 1 unspecified atom stereocenters. The Kier molecular flexibility index (Phi) is 2.68. The first kappa shape index (κ1) is 5.64. The fraction of sp³-hybridized carbons (Fsp3) is 0.333. The molecule has 6 heavy (non-hydrogen) atoms. The molecular formula is C3H6O2P+. The molecule has 0 amide bonds. The third-order valence-corrected chi connectivity index (χ3v) is 0.609. The largest absolute Gasteiger partial charge is 0.463 e. The lowest BCUT2D eigenvalue weighted by Crippen LogP contribution is -1.97. The molecule has 0 fully saturated rings. The maximum atomic E-state index is 9.88. The van der Waals surface area contributed by atoms with E-state index in [0.717, 1.165) is 0 Å². The topological polar surface area (TPSA) is 26.3 Å². The molecule has 2 nitrogen and oxygen atoms in total. The van der Waals surface area contributed by atoms with Gasteiger partial charge in [0.1, 0.15) is 0 Å². The minimum absolute atomic E-state index is 0.319. The average molecular weight is 105 g/mol. The van der Waals surface area contributed by atoms with Gasteiger partial charge in [-0.05, 0) is 0 Å². The Hall–Kier alpha value is -0.360. The molecule has 0 bridgehead atoms. The Labute approximate surface area is 38.3 Å². The first-order valence-corrected chi connectivity index (χ1v) is 2.11. The van der Waals surface area contributed by atoms with Gasteiger partial charge in [0.25, 0.3) is 0 Å². The van der Waals surface area contributed by atoms with Gasteiger partial charge < -0.3 is 4.74 Å². The van der Waals surface area contributed by atoms with Gasteiger partial charge >= 0.3 is 5.97 Å². The highest BCUT2D eigenvalue weighted by Crippen LogP contribution is 1.64. The van der Waals surface area contributed by atoms with Gasteiger partial charge in [0.2, 0.25) is 0 Å². The molecule has 34 valence electrons. The first-order chi connectivity index (χ1) is 2.81. The van der Waals surface area contributed by atoms with Crippen LogP contribution in [0.25, 0.3) is 0 Å². The molecule has 0 heterocycles. The van der Waals surface area contributed by atoms with Crippen LogP contribution in [0.15, 0.2) is 0 Å². The van der Waals surface area contributed by atoms with E-state index < -0.39 is 0 Å². The van der Waals surface area contributed by atoms with Crippen molar-refractivity contribution >= 4 is 20.6 Å². The van der Waals surface area contributed by atoms with Crippen LogP contribution in [0.1, 0.15) is 0 Å². The maximum absolute atomic E-state index is 9.88. The third kappa shape index (κ3) is 1.91. The highest BCUT2D eigenvalue weighted by molar-refractivity contribution is 7.21. The summed E-state index contributed by atoms with van der Waals surface area (Å²) in [6, 6.07) is 0. The molecule has 0 saturated heterocycles. The molecule has 0 N–H and O–H groups in total. The minimum atomic E-state index is -0.319. The monoisotopic (exact) mass is 105 g/mol. The molecule has 0 aliphatic rings. The SMILES string of the molecule is COC(=O)C=[PH2+]. The molecule has 0 aliphatic carbocycles. The van der Waals surface area contributed by atoms with Crippen LogP contribution in [0, 0.1) is 0 Å². The van der Waals surface area contributed by atoms with Crippen molar-refractivity contribution in [3.05, 3.63) is 0 Å². The predicted molar refractivity (Wildman–Crippen MR) is 27.8 cm³/mol. The van der Waals surface area contributed by atoms with Crippen molar-refractivity contribution in [3.8, 4) is 0 Å². The van der Waals surface area contributed by atoms with Crippen molar-refractivity contribution < 1.29 is 9.53 Å². The molecule has 0 saturated carbocycles.